The van der Waals surface area contributed by atoms with Crippen molar-refractivity contribution in [2.75, 3.05) is 6.54 Å². The van der Waals surface area contributed by atoms with E-state index in [1.807, 2.05) is 0 Å². The summed E-state index contributed by atoms with van der Waals surface area (Å²) in [4.78, 5) is 16.1. The molecule has 4 heterocycles. The van der Waals surface area contributed by atoms with Crippen LogP contribution in [0, 0.1) is 5.92 Å². The number of unbranched alkanes of at least 4 members (excludes halogenated alkanes) is 1. The molecule has 4 bridgehead atoms. The summed E-state index contributed by atoms with van der Waals surface area (Å²) in [5, 5.41) is 49.4. The van der Waals surface area contributed by atoms with Gasteiger partial charge in [-0.3, -0.25) is 4.79 Å². The minimum atomic E-state index is -2.48. The van der Waals surface area contributed by atoms with Crippen LogP contribution in [0.3, 0.4) is 0 Å². The number of nitrogens with two attached hydrogens (primary N) is 3. The molecular formula is C16H27N7O7. The highest BCUT2D eigenvalue weighted by Crippen LogP contribution is 2.54. The van der Waals surface area contributed by atoms with Crippen LogP contribution in [0.25, 0.3) is 0 Å². The van der Waals surface area contributed by atoms with Crippen LogP contribution in [0.1, 0.15) is 19.3 Å². The van der Waals surface area contributed by atoms with Gasteiger partial charge in [-0.2, -0.15) is 5.10 Å². The van der Waals surface area contributed by atoms with Gasteiger partial charge in [0, 0.05) is 0 Å². The minimum Gasteiger partial charge on any atom is -0.387 e. The Labute approximate surface area is 171 Å². The average Bonchev–Trinajstić information content (AvgIpc) is 2.68. The van der Waals surface area contributed by atoms with Crippen LogP contribution in [0.15, 0.2) is 10.1 Å². The van der Waals surface area contributed by atoms with Crippen LogP contribution in [-0.4, -0.2) is 92.7 Å². The molecule has 0 aromatic rings. The monoisotopic (exact) mass is 429 g/mol. The third kappa shape index (κ3) is 2.91. The van der Waals surface area contributed by atoms with Gasteiger partial charge in [-0.1, -0.05) is 6.42 Å². The topological polar surface area (TPSA) is 243 Å². The first-order chi connectivity index (χ1) is 14.2. The summed E-state index contributed by atoms with van der Waals surface area (Å²) in [6, 6.07) is -0.826. The van der Waals surface area contributed by atoms with Crippen molar-refractivity contribution in [2.45, 2.75) is 67.5 Å². The molecule has 0 aromatic heterocycles. The first kappa shape index (κ1) is 21.3. The van der Waals surface area contributed by atoms with Crippen LogP contribution in [0.4, 0.5) is 0 Å². The predicted octanol–water partition coefficient (Wildman–Crippen LogP) is -5.31. The molecule has 1 aliphatic carbocycles. The Bertz CT molecular complexity index is 781. The number of aliphatic hydroxyl groups is 4. The molecule has 0 radical (unpaired) electrons. The molecule has 0 aromatic carbocycles. The first-order valence-electron chi connectivity index (χ1n) is 9.72. The second-order valence-corrected chi connectivity index (χ2v) is 7.97. The lowest BCUT2D eigenvalue weighted by Crippen LogP contribution is -2.92. The van der Waals surface area contributed by atoms with Gasteiger partial charge in [-0.15, -0.1) is 0 Å². The molecule has 14 heteroatoms. The molecule has 4 fully saturated rings. The molecule has 12 N–H and O–H groups in total. The number of hydrogen-bond acceptors (Lipinski definition) is 13. The molecule has 9 unspecified atom stereocenters. The van der Waals surface area contributed by atoms with Crippen LogP contribution >= 0.6 is 0 Å². The second-order valence-electron chi connectivity index (χ2n) is 7.97. The number of aliphatic hydroxyl groups excluding tert-OH is 3. The molecule has 14 nitrogen and oxygen atoms in total. The van der Waals surface area contributed by atoms with E-state index in [0.29, 0.717) is 19.4 Å². The van der Waals surface area contributed by atoms with Crippen LogP contribution in [-0.2, 0) is 14.3 Å². The number of rotatable bonds is 6. The SMILES string of the molecule is NCCCCC(N)C(=O)N/N=C1\C2OC3(O)OC1C1C(O)N=C(N)NC1(C2O)C3O. The Hall–Kier alpha value is -1.91. The second kappa shape index (κ2) is 7.35. The van der Waals surface area contributed by atoms with Crippen molar-refractivity contribution in [3.05, 3.63) is 0 Å². The molecule has 1 spiro atoms. The highest BCUT2D eigenvalue weighted by Gasteiger charge is 2.79. The molecule has 5 rings (SSSR count). The van der Waals surface area contributed by atoms with Gasteiger partial charge in [0.25, 0.3) is 5.91 Å². The number of carbonyl (C=O) groups is 1. The summed E-state index contributed by atoms with van der Waals surface area (Å²) in [6.07, 6.45) is -5.38. The van der Waals surface area contributed by atoms with E-state index < -0.39 is 60.0 Å². The smallest absolute Gasteiger partial charge is 0.311 e. The predicted molar refractivity (Wildman–Crippen MR) is 100 cm³/mol. The summed E-state index contributed by atoms with van der Waals surface area (Å²) in [5.74, 6) is -4.35. The third-order valence-electron chi connectivity index (χ3n) is 6.16. The maximum Gasteiger partial charge on any atom is 0.311 e. The van der Waals surface area contributed by atoms with Crippen molar-refractivity contribution in [2.24, 2.45) is 33.2 Å². The summed E-state index contributed by atoms with van der Waals surface area (Å²) in [5.41, 5.74) is 17.6. The van der Waals surface area contributed by atoms with Gasteiger partial charge in [0.1, 0.15) is 23.9 Å². The largest absolute Gasteiger partial charge is 0.387 e. The first-order valence-corrected chi connectivity index (χ1v) is 9.72. The number of ether oxygens (including phenoxy) is 2. The number of nitrogens with zero attached hydrogens (tertiary/aromatic N) is 2. The van der Waals surface area contributed by atoms with Gasteiger partial charge < -0.3 is 52.4 Å². The fraction of sp³-hybridized carbons (Fsp3) is 0.812. The highest BCUT2D eigenvalue weighted by atomic mass is 16.8. The molecular weight excluding hydrogens is 402 g/mol. The molecule has 5 aliphatic rings. The van der Waals surface area contributed by atoms with E-state index in [1.54, 1.807) is 0 Å². The number of carbonyl (C=O) groups excluding carboxylic acids is 1. The summed E-state index contributed by atoms with van der Waals surface area (Å²) in [6.45, 7) is 0.494. The molecule has 4 aliphatic heterocycles. The van der Waals surface area contributed by atoms with Crippen molar-refractivity contribution in [1.29, 1.82) is 0 Å². The third-order valence-corrected chi connectivity index (χ3v) is 6.16. The van der Waals surface area contributed by atoms with E-state index in [0.717, 1.165) is 6.42 Å². The van der Waals surface area contributed by atoms with E-state index in [4.69, 9.17) is 26.7 Å². The van der Waals surface area contributed by atoms with E-state index in [9.17, 15) is 25.2 Å². The van der Waals surface area contributed by atoms with Crippen LogP contribution in [0.2, 0.25) is 0 Å². The number of nitrogens with one attached hydrogen (secondary N) is 2. The Kier molecular flexibility index (Phi) is 5.22. The van der Waals surface area contributed by atoms with Gasteiger partial charge in [-0.05, 0) is 19.4 Å². The number of aliphatic imine (C=N–C) groups is 1. The van der Waals surface area contributed by atoms with Crippen molar-refractivity contribution >= 4 is 17.6 Å². The quantitative estimate of drug-likeness (QED) is 0.142. The Morgan fingerprint density at radius 1 is 1.30 bits per heavy atom. The number of hydrazone groups is 1. The maximum atomic E-state index is 12.2. The summed E-state index contributed by atoms with van der Waals surface area (Å²) in [7, 11) is 0. The number of amides is 1. The lowest BCUT2D eigenvalue weighted by molar-refractivity contribution is -0.490. The lowest BCUT2D eigenvalue weighted by atomic mass is 9.59. The zero-order chi connectivity index (χ0) is 21.8. The van der Waals surface area contributed by atoms with Gasteiger partial charge in [0.2, 0.25) is 0 Å². The van der Waals surface area contributed by atoms with E-state index in [-0.39, 0.29) is 11.7 Å². The lowest BCUT2D eigenvalue weighted by Gasteiger charge is -2.67. The van der Waals surface area contributed by atoms with Crippen molar-refractivity contribution < 1.29 is 34.7 Å². The Balaban J connectivity index is 1.61. The van der Waals surface area contributed by atoms with E-state index in [2.05, 4.69) is 20.8 Å². The van der Waals surface area contributed by atoms with Crippen molar-refractivity contribution in [3.8, 4) is 0 Å². The van der Waals surface area contributed by atoms with Crippen LogP contribution in [0.5, 0.6) is 0 Å². The molecule has 3 saturated heterocycles. The van der Waals surface area contributed by atoms with E-state index in [1.165, 1.54) is 0 Å². The fourth-order valence-corrected chi connectivity index (χ4v) is 4.71. The molecule has 1 saturated carbocycles. The van der Waals surface area contributed by atoms with Crippen LogP contribution < -0.4 is 27.9 Å². The van der Waals surface area contributed by atoms with Gasteiger partial charge in [0.05, 0.1) is 17.7 Å². The standard InChI is InChI=1S/C16H27N7O7/c17-4-2-1-3-5(18)11(25)23-22-7-8-6-12(26)20-14(19)21-15(6)10(24)9(7)30-16(28,29-8)13(15)27/h5-6,8-10,12-13,24,26-28H,1-4,17-18H2,(H,23,25)(H3,19,20,21)/b22-7-. The molecule has 30 heavy (non-hydrogen) atoms. The molecule has 1 amide bonds. The maximum absolute atomic E-state index is 12.2. The Morgan fingerprint density at radius 3 is 2.70 bits per heavy atom. The zero-order valence-electron chi connectivity index (χ0n) is 16.0. The van der Waals surface area contributed by atoms with Crippen molar-refractivity contribution in [3.63, 3.8) is 0 Å². The van der Waals surface area contributed by atoms with Gasteiger partial charge in [-0.25, -0.2) is 10.4 Å². The van der Waals surface area contributed by atoms with Gasteiger partial charge in [0.15, 0.2) is 18.3 Å². The summed E-state index contributed by atoms with van der Waals surface area (Å²) < 4.78 is 10.8. The zero-order valence-corrected chi connectivity index (χ0v) is 16.0. The fourth-order valence-electron chi connectivity index (χ4n) is 4.71. The molecule has 168 valence electrons. The summed E-state index contributed by atoms with van der Waals surface area (Å²) >= 11 is 0. The van der Waals surface area contributed by atoms with E-state index >= 15 is 0 Å². The van der Waals surface area contributed by atoms with Crippen molar-refractivity contribution in [1.82, 2.24) is 10.7 Å². The normalized spacial score (nSPS) is 46.2. The number of hydrogen-bond donors (Lipinski definition) is 9. The minimum absolute atomic E-state index is 0.0127. The molecule has 9 atom stereocenters. The average molecular weight is 429 g/mol. The van der Waals surface area contributed by atoms with Gasteiger partial charge >= 0.3 is 5.97 Å². The number of guanidine groups is 1. The Morgan fingerprint density at radius 2 is 2.00 bits per heavy atom. The highest BCUT2D eigenvalue weighted by molar-refractivity contribution is 5.98.